The number of carbonyl (C=O) groups is 2. The quantitative estimate of drug-likeness (QED) is 0.695. The number of piperidine rings is 1. The Balaban J connectivity index is 1.29. The number of rotatable bonds is 4. The Morgan fingerprint density at radius 2 is 1.86 bits per heavy atom. The van der Waals surface area contributed by atoms with E-state index in [1.54, 1.807) is 4.90 Å². The molecule has 3 aliphatic rings. The average molecular weight is 472 g/mol. The molecule has 35 heavy (non-hydrogen) atoms. The summed E-state index contributed by atoms with van der Waals surface area (Å²) in [4.78, 5) is 27.9. The fraction of sp³-hybridized carbons (Fsp3) is 0.483. The Morgan fingerprint density at radius 1 is 1.11 bits per heavy atom. The summed E-state index contributed by atoms with van der Waals surface area (Å²) in [5.41, 5.74) is 5.60. The van der Waals surface area contributed by atoms with E-state index in [1.165, 1.54) is 22.3 Å². The lowest BCUT2D eigenvalue weighted by atomic mass is 9.84. The van der Waals surface area contributed by atoms with Gasteiger partial charge < -0.3 is 10.1 Å². The maximum absolute atomic E-state index is 13.3. The van der Waals surface area contributed by atoms with E-state index in [0.717, 1.165) is 37.7 Å². The van der Waals surface area contributed by atoms with Gasteiger partial charge in [-0.15, -0.1) is 0 Å². The third kappa shape index (κ3) is 4.65. The molecule has 2 aromatic carbocycles. The van der Waals surface area contributed by atoms with Gasteiger partial charge in [-0.05, 0) is 86.6 Å². The van der Waals surface area contributed by atoms with Crippen LogP contribution in [0.1, 0.15) is 56.7 Å². The third-order valence-electron chi connectivity index (χ3n) is 7.51. The maximum atomic E-state index is 13.3. The Kier molecular flexibility index (Phi) is 6.04. The first-order valence-electron chi connectivity index (χ1n) is 12.6. The van der Waals surface area contributed by atoms with Gasteiger partial charge in [-0.2, -0.15) is 5.26 Å². The molecule has 6 nitrogen and oxygen atoms in total. The fourth-order valence-electron chi connectivity index (χ4n) is 6.04. The van der Waals surface area contributed by atoms with Crippen molar-refractivity contribution in [2.45, 2.75) is 83.0 Å². The molecular formula is C29H33N3O3. The number of nitrogens with one attached hydrogen (secondary N) is 1. The molecule has 0 radical (unpaired) electrons. The van der Waals surface area contributed by atoms with Gasteiger partial charge in [0.1, 0.15) is 17.7 Å². The lowest BCUT2D eigenvalue weighted by Gasteiger charge is -2.35. The summed E-state index contributed by atoms with van der Waals surface area (Å²) in [5.74, 6) is -0.128. The number of hydrogen-bond acceptors (Lipinski definition) is 4. The number of carbonyl (C=O) groups excluding carboxylic acids is 2. The molecule has 182 valence electrons. The van der Waals surface area contributed by atoms with Crippen LogP contribution in [0.15, 0.2) is 42.5 Å². The van der Waals surface area contributed by atoms with Crippen LogP contribution in [-0.2, 0) is 28.8 Å². The number of hydrogen-bond donors (Lipinski definition) is 1. The minimum atomic E-state index is -0.656. The molecule has 0 aromatic heterocycles. The van der Waals surface area contributed by atoms with Crippen LogP contribution in [-0.4, -0.2) is 40.6 Å². The van der Waals surface area contributed by atoms with Crippen LogP contribution in [0.25, 0.3) is 11.1 Å². The van der Waals surface area contributed by atoms with Crippen LogP contribution in [0.4, 0.5) is 4.79 Å². The van der Waals surface area contributed by atoms with E-state index in [2.05, 4.69) is 53.9 Å². The van der Waals surface area contributed by atoms with Crippen molar-refractivity contribution in [3.63, 3.8) is 0 Å². The SMILES string of the molecule is CC(C)(C)OC(=O)N1C2CCC(C2)C1C(=O)NC(C#N)Cc1ccc2c(c1)CCc1ccccc1-2. The van der Waals surface area contributed by atoms with E-state index >= 15 is 0 Å². The van der Waals surface area contributed by atoms with Gasteiger partial charge in [-0.1, -0.05) is 42.5 Å². The third-order valence-corrected chi connectivity index (χ3v) is 7.51. The van der Waals surface area contributed by atoms with Gasteiger partial charge in [0, 0.05) is 12.5 Å². The van der Waals surface area contributed by atoms with Crippen molar-refractivity contribution in [1.29, 1.82) is 5.26 Å². The largest absolute Gasteiger partial charge is 0.444 e. The summed E-state index contributed by atoms with van der Waals surface area (Å²) in [6.45, 7) is 5.49. The maximum Gasteiger partial charge on any atom is 0.411 e. The first kappa shape index (κ1) is 23.4. The van der Waals surface area contributed by atoms with Crippen LogP contribution in [0.3, 0.4) is 0 Å². The zero-order valence-electron chi connectivity index (χ0n) is 20.7. The van der Waals surface area contributed by atoms with Crippen LogP contribution in [0, 0.1) is 17.2 Å². The summed E-state index contributed by atoms with van der Waals surface area (Å²) < 4.78 is 5.60. The topological polar surface area (TPSA) is 82.4 Å². The highest BCUT2D eigenvalue weighted by Crippen LogP contribution is 2.43. The summed E-state index contributed by atoms with van der Waals surface area (Å²) in [5, 5.41) is 12.8. The van der Waals surface area contributed by atoms with Crippen molar-refractivity contribution in [3.05, 3.63) is 59.2 Å². The molecule has 1 N–H and O–H groups in total. The van der Waals surface area contributed by atoms with Gasteiger partial charge in [-0.3, -0.25) is 9.69 Å². The second kappa shape index (κ2) is 9.03. The number of nitriles is 1. The normalized spacial score (nSPS) is 23.1. The van der Waals surface area contributed by atoms with Crippen molar-refractivity contribution >= 4 is 12.0 Å². The molecule has 2 bridgehead atoms. The fourth-order valence-corrected chi connectivity index (χ4v) is 6.04. The average Bonchev–Trinajstić information content (AvgIpc) is 3.44. The zero-order chi connectivity index (χ0) is 24.7. The van der Waals surface area contributed by atoms with E-state index < -0.39 is 23.8 Å². The molecule has 1 saturated heterocycles. The molecule has 2 fully saturated rings. The number of benzene rings is 2. The number of nitrogens with zero attached hydrogens (tertiary/aromatic N) is 2. The van der Waals surface area contributed by atoms with Gasteiger partial charge in [0.25, 0.3) is 0 Å². The van der Waals surface area contributed by atoms with E-state index in [-0.39, 0.29) is 17.9 Å². The number of ether oxygens (including phenoxy) is 1. The van der Waals surface area contributed by atoms with Crippen molar-refractivity contribution in [3.8, 4) is 17.2 Å². The number of aryl methyl sites for hydroxylation is 2. The molecule has 2 amide bonds. The first-order valence-corrected chi connectivity index (χ1v) is 12.6. The minimum absolute atomic E-state index is 0.0367. The van der Waals surface area contributed by atoms with Gasteiger partial charge in [0.15, 0.2) is 0 Å². The molecule has 1 heterocycles. The Labute approximate surface area is 207 Å². The molecular weight excluding hydrogens is 438 g/mol. The molecule has 4 atom stereocenters. The summed E-state index contributed by atoms with van der Waals surface area (Å²) in [6, 6.07) is 15.9. The van der Waals surface area contributed by atoms with Gasteiger partial charge in [-0.25, -0.2) is 4.79 Å². The highest BCUT2D eigenvalue weighted by molar-refractivity contribution is 5.87. The van der Waals surface area contributed by atoms with Crippen molar-refractivity contribution in [1.82, 2.24) is 10.2 Å². The molecule has 2 aromatic rings. The predicted octanol–water partition coefficient (Wildman–Crippen LogP) is 4.79. The van der Waals surface area contributed by atoms with Crippen LogP contribution in [0.2, 0.25) is 0 Å². The standard InChI is InChI=1S/C29H33N3O3/c1-29(2,3)35-28(34)32-23-12-11-21(16-23)26(32)27(33)31-22(17-30)15-18-8-13-25-20(14-18)10-9-19-6-4-5-7-24(19)25/h4-8,13-14,21-23,26H,9-12,15-16H2,1-3H3,(H,31,33). The summed E-state index contributed by atoms with van der Waals surface area (Å²) in [7, 11) is 0. The Bertz CT molecular complexity index is 1190. The predicted molar refractivity (Wildman–Crippen MR) is 134 cm³/mol. The molecule has 0 spiro atoms. The van der Waals surface area contributed by atoms with E-state index in [1.807, 2.05) is 20.8 Å². The van der Waals surface area contributed by atoms with Crippen molar-refractivity contribution < 1.29 is 14.3 Å². The van der Waals surface area contributed by atoms with Gasteiger partial charge in [0.2, 0.25) is 5.91 Å². The highest BCUT2D eigenvalue weighted by Gasteiger charge is 2.52. The minimum Gasteiger partial charge on any atom is -0.444 e. The molecule has 1 saturated carbocycles. The molecule has 2 aliphatic carbocycles. The van der Waals surface area contributed by atoms with Gasteiger partial charge in [0.05, 0.1) is 6.07 Å². The zero-order valence-corrected chi connectivity index (χ0v) is 20.7. The van der Waals surface area contributed by atoms with Crippen LogP contribution >= 0.6 is 0 Å². The van der Waals surface area contributed by atoms with Gasteiger partial charge >= 0.3 is 6.09 Å². The second-order valence-corrected chi connectivity index (χ2v) is 11.1. The molecule has 1 aliphatic heterocycles. The molecule has 6 heteroatoms. The summed E-state index contributed by atoms with van der Waals surface area (Å²) in [6.07, 6.45) is 4.62. The van der Waals surface area contributed by atoms with E-state index in [9.17, 15) is 14.9 Å². The van der Waals surface area contributed by atoms with Crippen molar-refractivity contribution in [2.24, 2.45) is 5.92 Å². The summed E-state index contributed by atoms with van der Waals surface area (Å²) >= 11 is 0. The number of amides is 2. The van der Waals surface area contributed by atoms with E-state index in [4.69, 9.17) is 4.74 Å². The number of likely N-dealkylation sites (tertiary alicyclic amines) is 1. The van der Waals surface area contributed by atoms with Crippen LogP contribution in [0.5, 0.6) is 0 Å². The smallest absolute Gasteiger partial charge is 0.411 e. The lowest BCUT2D eigenvalue weighted by Crippen LogP contribution is -2.55. The second-order valence-electron chi connectivity index (χ2n) is 11.1. The molecule has 5 rings (SSSR count). The first-order chi connectivity index (χ1) is 16.7. The Morgan fingerprint density at radius 3 is 2.63 bits per heavy atom. The lowest BCUT2D eigenvalue weighted by molar-refractivity contribution is -0.128. The van der Waals surface area contributed by atoms with Crippen molar-refractivity contribution in [2.75, 3.05) is 0 Å². The van der Waals surface area contributed by atoms with E-state index in [0.29, 0.717) is 6.42 Å². The Hall–Kier alpha value is -3.33. The highest BCUT2D eigenvalue weighted by atomic mass is 16.6. The monoisotopic (exact) mass is 471 g/mol. The number of fused-ring (bicyclic) bond motifs is 5. The van der Waals surface area contributed by atoms with Crippen LogP contribution < -0.4 is 5.32 Å². The molecule has 4 unspecified atom stereocenters.